The Morgan fingerprint density at radius 2 is 2.39 bits per heavy atom. The van der Waals surface area contributed by atoms with Gasteiger partial charge < -0.3 is 15.0 Å². The number of ether oxygens (including phenoxy) is 1. The lowest BCUT2D eigenvalue weighted by atomic mass is 10.2. The number of rotatable bonds is 5. The molecule has 6 heteroatoms. The molecule has 1 N–H and O–H groups in total. The van der Waals surface area contributed by atoms with Gasteiger partial charge in [0.15, 0.2) is 0 Å². The predicted octanol–water partition coefficient (Wildman–Crippen LogP) is 0.255. The van der Waals surface area contributed by atoms with Gasteiger partial charge in [0.1, 0.15) is 5.82 Å². The number of hydrogen-bond donors (Lipinski definition) is 1. The van der Waals surface area contributed by atoms with Crippen molar-refractivity contribution in [2.45, 2.75) is 38.4 Å². The van der Waals surface area contributed by atoms with Crippen molar-refractivity contribution in [2.75, 3.05) is 31.2 Å². The molecular weight excluding hydrogens is 230 g/mol. The number of morpholine rings is 1. The summed E-state index contributed by atoms with van der Waals surface area (Å²) >= 11 is 0. The lowest BCUT2D eigenvalue weighted by Crippen LogP contribution is -2.51. The van der Waals surface area contributed by atoms with E-state index >= 15 is 0 Å². The molecule has 0 radical (unpaired) electrons. The van der Waals surface area contributed by atoms with Crippen LogP contribution in [0.3, 0.4) is 0 Å². The van der Waals surface area contributed by atoms with Crippen molar-refractivity contribution >= 4 is 5.82 Å². The van der Waals surface area contributed by atoms with Crippen LogP contribution in [0.2, 0.25) is 0 Å². The summed E-state index contributed by atoms with van der Waals surface area (Å²) in [6, 6.07) is 1.13. The highest BCUT2D eigenvalue weighted by Gasteiger charge is 2.28. The summed E-state index contributed by atoms with van der Waals surface area (Å²) < 4.78 is 7.56. The molecule has 18 heavy (non-hydrogen) atoms. The first-order valence-electron chi connectivity index (χ1n) is 6.84. The van der Waals surface area contributed by atoms with Crippen molar-refractivity contribution < 1.29 is 4.74 Å². The Morgan fingerprint density at radius 3 is 3.17 bits per heavy atom. The third kappa shape index (κ3) is 2.49. The molecule has 1 atom stereocenters. The summed E-state index contributed by atoms with van der Waals surface area (Å²) in [5, 5.41) is 11.7. The van der Waals surface area contributed by atoms with Crippen LogP contribution in [0.5, 0.6) is 0 Å². The van der Waals surface area contributed by atoms with Crippen LogP contribution in [0.4, 0.5) is 5.82 Å². The molecule has 100 valence electrons. The molecule has 1 aromatic rings. The largest absolute Gasteiger partial charge is 0.377 e. The van der Waals surface area contributed by atoms with Gasteiger partial charge in [0, 0.05) is 25.7 Å². The molecule has 3 rings (SSSR count). The first kappa shape index (κ1) is 11.9. The van der Waals surface area contributed by atoms with E-state index in [-0.39, 0.29) is 0 Å². The summed E-state index contributed by atoms with van der Waals surface area (Å²) in [5.41, 5.74) is 0. The molecule has 1 aliphatic carbocycles. The van der Waals surface area contributed by atoms with Gasteiger partial charge in [-0.3, -0.25) is 0 Å². The zero-order valence-corrected chi connectivity index (χ0v) is 10.9. The number of aromatic nitrogens is 3. The van der Waals surface area contributed by atoms with Crippen LogP contribution in [0.15, 0.2) is 6.20 Å². The lowest BCUT2D eigenvalue weighted by molar-refractivity contribution is 0.0927. The van der Waals surface area contributed by atoms with E-state index in [0.717, 1.165) is 44.7 Å². The van der Waals surface area contributed by atoms with Gasteiger partial charge in [0.05, 0.1) is 25.5 Å². The lowest BCUT2D eigenvalue weighted by Gasteiger charge is -2.37. The fraction of sp³-hybridized carbons (Fsp3) is 0.833. The quantitative estimate of drug-likeness (QED) is 0.813. The van der Waals surface area contributed by atoms with Gasteiger partial charge >= 0.3 is 0 Å². The molecule has 0 spiro atoms. The molecule has 1 saturated carbocycles. The molecule has 1 aliphatic heterocycles. The monoisotopic (exact) mass is 251 g/mol. The van der Waals surface area contributed by atoms with E-state index < -0.39 is 0 Å². The number of hydrogen-bond acceptors (Lipinski definition) is 5. The Bertz CT molecular complexity index is 390. The summed E-state index contributed by atoms with van der Waals surface area (Å²) in [6.07, 6.45) is 4.50. The Hall–Kier alpha value is -1.14. The average molecular weight is 251 g/mol. The zero-order chi connectivity index (χ0) is 12.4. The summed E-state index contributed by atoms with van der Waals surface area (Å²) in [5.74, 6) is 1.11. The Morgan fingerprint density at radius 1 is 1.50 bits per heavy atom. The fourth-order valence-electron chi connectivity index (χ4n) is 2.42. The summed E-state index contributed by atoms with van der Waals surface area (Å²) in [7, 11) is 0. The van der Waals surface area contributed by atoms with Crippen molar-refractivity contribution in [3.63, 3.8) is 0 Å². The molecular formula is C12H21N5O. The van der Waals surface area contributed by atoms with E-state index in [0.29, 0.717) is 6.04 Å². The normalized spacial score (nSPS) is 24.5. The molecule has 1 aromatic heterocycles. The third-order valence-corrected chi connectivity index (χ3v) is 3.64. The van der Waals surface area contributed by atoms with E-state index in [2.05, 4.69) is 27.5 Å². The number of nitrogens with one attached hydrogen (secondary N) is 1. The molecule has 2 aliphatic rings. The van der Waals surface area contributed by atoms with Gasteiger partial charge in [-0.15, -0.1) is 5.10 Å². The second kappa shape index (κ2) is 5.24. The standard InChI is InChI=1S/C12H21N5O/c1-2-17-12(8-14-15-17)16-5-6-18-9-11(16)7-13-10-3-4-10/h8,10-11,13H,2-7,9H2,1H3. The maximum absolute atomic E-state index is 5.60. The molecule has 2 heterocycles. The smallest absolute Gasteiger partial charge is 0.147 e. The van der Waals surface area contributed by atoms with Crippen molar-refractivity contribution in [3.8, 4) is 0 Å². The minimum absolute atomic E-state index is 0.392. The second-order valence-corrected chi connectivity index (χ2v) is 5.01. The topological polar surface area (TPSA) is 55.2 Å². The molecule has 0 aromatic carbocycles. The minimum Gasteiger partial charge on any atom is -0.377 e. The summed E-state index contributed by atoms with van der Waals surface area (Å²) in [4.78, 5) is 2.38. The highest BCUT2D eigenvalue weighted by molar-refractivity contribution is 5.38. The molecule has 0 amide bonds. The van der Waals surface area contributed by atoms with E-state index in [1.54, 1.807) is 0 Å². The van der Waals surface area contributed by atoms with Crippen LogP contribution in [0.25, 0.3) is 0 Å². The van der Waals surface area contributed by atoms with Crippen LogP contribution < -0.4 is 10.2 Å². The Kier molecular flexibility index (Phi) is 3.47. The van der Waals surface area contributed by atoms with Crippen molar-refractivity contribution in [3.05, 3.63) is 6.20 Å². The second-order valence-electron chi connectivity index (χ2n) is 5.01. The Labute approximate surface area is 107 Å². The SMILES string of the molecule is CCn1nncc1N1CCOCC1CNC1CC1. The predicted molar refractivity (Wildman–Crippen MR) is 68.7 cm³/mol. The number of nitrogens with zero attached hydrogens (tertiary/aromatic N) is 4. The van der Waals surface area contributed by atoms with E-state index in [4.69, 9.17) is 4.74 Å². The van der Waals surface area contributed by atoms with Gasteiger partial charge in [0.25, 0.3) is 0 Å². The summed E-state index contributed by atoms with van der Waals surface area (Å²) in [6.45, 7) is 6.43. The Balaban J connectivity index is 1.69. The van der Waals surface area contributed by atoms with Gasteiger partial charge in [-0.1, -0.05) is 5.21 Å². The molecule has 0 bridgehead atoms. The van der Waals surface area contributed by atoms with Crippen molar-refractivity contribution in [1.82, 2.24) is 20.3 Å². The average Bonchev–Trinajstić information content (AvgIpc) is 3.12. The zero-order valence-electron chi connectivity index (χ0n) is 10.9. The van der Waals surface area contributed by atoms with Crippen LogP contribution in [0, 0.1) is 0 Å². The third-order valence-electron chi connectivity index (χ3n) is 3.64. The number of aryl methyl sites for hydroxylation is 1. The molecule has 6 nitrogen and oxygen atoms in total. The minimum atomic E-state index is 0.392. The van der Waals surface area contributed by atoms with Crippen molar-refractivity contribution in [2.24, 2.45) is 0 Å². The van der Waals surface area contributed by atoms with Crippen LogP contribution in [-0.4, -0.2) is 53.4 Å². The van der Waals surface area contributed by atoms with Crippen LogP contribution >= 0.6 is 0 Å². The number of anilines is 1. The van der Waals surface area contributed by atoms with Crippen LogP contribution in [-0.2, 0) is 11.3 Å². The van der Waals surface area contributed by atoms with E-state index in [1.807, 2.05) is 10.9 Å². The van der Waals surface area contributed by atoms with Gasteiger partial charge in [-0.05, 0) is 19.8 Å². The maximum atomic E-state index is 5.60. The first-order chi connectivity index (χ1) is 8.88. The molecule has 2 fully saturated rings. The highest BCUT2D eigenvalue weighted by Crippen LogP contribution is 2.21. The van der Waals surface area contributed by atoms with Gasteiger partial charge in [0.2, 0.25) is 0 Å². The first-order valence-corrected chi connectivity index (χ1v) is 6.84. The van der Waals surface area contributed by atoms with Crippen molar-refractivity contribution in [1.29, 1.82) is 0 Å². The van der Waals surface area contributed by atoms with Crippen LogP contribution in [0.1, 0.15) is 19.8 Å². The van der Waals surface area contributed by atoms with E-state index in [9.17, 15) is 0 Å². The van der Waals surface area contributed by atoms with E-state index in [1.165, 1.54) is 12.8 Å². The van der Waals surface area contributed by atoms with Gasteiger partial charge in [-0.25, -0.2) is 4.68 Å². The maximum Gasteiger partial charge on any atom is 0.147 e. The highest BCUT2D eigenvalue weighted by atomic mass is 16.5. The molecule has 1 unspecified atom stereocenters. The molecule has 1 saturated heterocycles. The van der Waals surface area contributed by atoms with Gasteiger partial charge in [-0.2, -0.15) is 0 Å². The fourth-order valence-corrected chi connectivity index (χ4v) is 2.42.